The molecule has 3 N–H and O–H groups in total. The van der Waals surface area contributed by atoms with Gasteiger partial charge in [-0.15, -0.1) is 0 Å². The van der Waals surface area contributed by atoms with E-state index in [1.165, 1.54) is 0 Å². The first-order valence-electron chi connectivity index (χ1n) is 6.41. The average molecular weight is 319 g/mol. The number of hydrogen-bond acceptors (Lipinski definition) is 2. The third-order valence-electron chi connectivity index (χ3n) is 3.10. The van der Waals surface area contributed by atoms with Crippen LogP contribution in [-0.4, -0.2) is 10.9 Å². The van der Waals surface area contributed by atoms with Crippen LogP contribution in [0.15, 0.2) is 42.5 Å². The molecule has 0 aliphatic rings. The molecule has 0 saturated carbocycles. The number of aryl methyl sites for hydroxylation is 1. The van der Waals surface area contributed by atoms with Crippen molar-refractivity contribution in [3.63, 3.8) is 0 Å². The van der Waals surface area contributed by atoms with E-state index in [-0.39, 0.29) is 17.3 Å². The van der Waals surface area contributed by atoms with Crippen LogP contribution >= 0.6 is 23.8 Å². The van der Waals surface area contributed by atoms with Crippen molar-refractivity contribution in [3.8, 4) is 0 Å². The molecular formula is C16H15ClN2OS. The summed E-state index contributed by atoms with van der Waals surface area (Å²) in [6.07, 6.45) is 0.199. The molecule has 2 aromatic carbocycles. The van der Waals surface area contributed by atoms with Gasteiger partial charge in [0.25, 0.3) is 0 Å². The molecular weight excluding hydrogens is 304 g/mol. The van der Waals surface area contributed by atoms with E-state index in [4.69, 9.17) is 29.6 Å². The molecule has 108 valence electrons. The van der Waals surface area contributed by atoms with Gasteiger partial charge in [0.15, 0.2) is 0 Å². The van der Waals surface area contributed by atoms with Crippen LogP contribution in [0.25, 0.3) is 0 Å². The van der Waals surface area contributed by atoms with Gasteiger partial charge in [-0.1, -0.05) is 54.2 Å². The number of amides is 1. The Morgan fingerprint density at radius 2 is 1.95 bits per heavy atom. The predicted octanol–water partition coefficient (Wildman–Crippen LogP) is 3.46. The molecule has 0 spiro atoms. The van der Waals surface area contributed by atoms with Gasteiger partial charge in [-0.3, -0.25) is 4.79 Å². The Morgan fingerprint density at radius 3 is 2.62 bits per heavy atom. The zero-order valence-electron chi connectivity index (χ0n) is 11.5. The highest BCUT2D eigenvalue weighted by Gasteiger charge is 2.12. The monoisotopic (exact) mass is 318 g/mol. The number of anilines is 1. The average Bonchev–Trinajstić information content (AvgIpc) is 2.41. The fourth-order valence-corrected chi connectivity index (χ4v) is 2.58. The largest absolute Gasteiger partial charge is 0.389 e. The summed E-state index contributed by atoms with van der Waals surface area (Å²) in [5, 5.41) is 3.42. The second-order valence-corrected chi connectivity index (χ2v) is 5.53. The van der Waals surface area contributed by atoms with Crippen LogP contribution in [0, 0.1) is 6.92 Å². The number of nitrogens with one attached hydrogen (secondary N) is 1. The summed E-state index contributed by atoms with van der Waals surface area (Å²) < 4.78 is 0. The lowest BCUT2D eigenvalue weighted by Gasteiger charge is -2.13. The van der Waals surface area contributed by atoms with Gasteiger partial charge in [-0.2, -0.15) is 0 Å². The predicted molar refractivity (Wildman–Crippen MR) is 90.9 cm³/mol. The third kappa shape index (κ3) is 3.80. The number of rotatable bonds is 4. The van der Waals surface area contributed by atoms with Gasteiger partial charge in [0, 0.05) is 10.6 Å². The Hall–Kier alpha value is -1.91. The highest BCUT2D eigenvalue weighted by atomic mass is 35.5. The molecule has 0 aromatic heterocycles. The summed E-state index contributed by atoms with van der Waals surface area (Å²) in [7, 11) is 0. The van der Waals surface area contributed by atoms with Crippen molar-refractivity contribution in [2.45, 2.75) is 13.3 Å². The van der Waals surface area contributed by atoms with Gasteiger partial charge in [-0.25, -0.2) is 0 Å². The third-order valence-corrected chi connectivity index (χ3v) is 3.67. The molecule has 0 saturated heterocycles. The maximum absolute atomic E-state index is 12.2. The van der Waals surface area contributed by atoms with Crippen LogP contribution in [0.3, 0.4) is 0 Å². The molecule has 0 aliphatic carbocycles. The van der Waals surface area contributed by atoms with Gasteiger partial charge < -0.3 is 11.1 Å². The Morgan fingerprint density at radius 1 is 1.24 bits per heavy atom. The number of thiocarbonyl (C=S) groups is 1. The molecule has 0 atom stereocenters. The van der Waals surface area contributed by atoms with Gasteiger partial charge in [-0.05, 0) is 30.2 Å². The molecule has 0 bridgehead atoms. The van der Waals surface area contributed by atoms with E-state index in [2.05, 4.69) is 5.32 Å². The van der Waals surface area contributed by atoms with Crippen LogP contribution < -0.4 is 11.1 Å². The van der Waals surface area contributed by atoms with E-state index in [1.54, 1.807) is 12.1 Å². The molecule has 0 aliphatic heterocycles. The summed E-state index contributed by atoms with van der Waals surface area (Å²) in [6.45, 7) is 1.90. The minimum atomic E-state index is -0.161. The SMILES string of the molecule is Cc1cccc(NC(=O)Cc2ccccc2Cl)c1C(N)=S. The lowest BCUT2D eigenvalue weighted by atomic mass is 10.1. The summed E-state index contributed by atoms with van der Waals surface area (Å²) >= 11 is 11.1. The maximum Gasteiger partial charge on any atom is 0.228 e. The molecule has 0 fully saturated rings. The lowest BCUT2D eigenvalue weighted by molar-refractivity contribution is -0.115. The molecule has 2 aromatic rings. The van der Waals surface area contributed by atoms with Gasteiger partial charge >= 0.3 is 0 Å². The lowest BCUT2D eigenvalue weighted by Crippen LogP contribution is -2.20. The van der Waals surface area contributed by atoms with E-state index >= 15 is 0 Å². The molecule has 0 radical (unpaired) electrons. The van der Waals surface area contributed by atoms with Crippen LogP contribution in [-0.2, 0) is 11.2 Å². The summed E-state index contributed by atoms with van der Waals surface area (Å²) in [5.74, 6) is -0.161. The number of hydrogen-bond donors (Lipinski definition) is 2. The van der Waals surface area contributed by atoms with E-state index < -0.39 is 0 Å². The van der Waals surface area contributed by atoms with Crippen LogP contribution in [0.2, 0.25) is 5.02 Å². The van der Waals surface area contributed by atoms with Crippen molar-refractivity contribution in [1.82, 2.24) is 0 Å². The fraction of sp³-hybridized carbons (Fsp3) is 0.125. The van der Waals surface area contributed by atoms with Crippen molar-refractivity contribution in [2.24, 2.45) is 5.73 Å². The van der Waals surface area contributed by atoms with Crippen molar-refractivity contribution >= 4 is 40.4 Å². The second kappa shape index (κ2) is 6.70. The van der Waals surface area contributed by atoms with Crippen molar-refractivity contribution < 1.29 is 4.79 Å². The summed E-state index contributed by atoms with van der Waals surface area (Å²) in [4.78, 5) is 12.4. The van der Waals surface area contributed by atoms with Gasteiger partial charge in [0.05, 0.1) is 12.1 Å². The minimum Gasteiger partial charge on any atom is -0.389 e. The summed E-state index contributed by atoms with van der Waals surface area (Å²) in [5.41, 5.74) is 8.75. The highest BCUT2D eigenvalue weighted by molar-refractivity contribution is 7.80. The molecule has 5 heteroatoms. The van der Waals surface area contributed by atoms with Crippen molar-refractivity contribution in [1.29, 1.82) is 0 Å². The molecule has 0 heterocycles. The van der Waals surface area contributed by atoms with Crippen LogP contribution in [0.4, 0.5) is 5.69 Å². The van der Waals surface area contributed by atoms with Gasteiger partial charge in [0.2, 0.25) is 5.91 Å². The number of halogens is 1. The smallest absolute Gasteiger partial charge is 0.228 e. The standard InChI is InChI=1S/C16H15ClN2OS/c1-10-5-4-8-13(15(10)16(18)21)19-14(20)9-11-6-2-3-7-12(11)17/h2-8H,9H2,1H3,(H2,18,21)(H,19,20). The number of benzene rings is 2. The Kier molecular flexibility index (Phi) is 4.94. The number of nitrogens with two attached hydrogens (primary N) is 1. The Balaban J connectivity index is 2.19. The van der Waals surface area contributed by atoms with E-state index in [0.717, 1.165) is 11.1 Å². The highest BCUT2D eigenvalue weighted by Crippen LogP contribution is 2.21. The first-order valence-corrected chi connectivity index (χ1v) is 7.20. The van der Waals surface area contributed by atoms with Gasteiger partial charge in [0.1, 0.15) is 4.99 Å². The first-order chi connectivity index (χ1) is 9.99. The number of carbonyl (C=O) groups excluding carboxylic acids is 1. The quantitative estimate of drug-likeness (QED) is 0.849. The second-order valence-electron chi connectivity index (χ2n) is 4.68. The fourth-order valence-electron chi connectivity index (χ4n) is 2.11. The molecule has 2 rings (SSSR count). The van der Waals surface area contributed by atoms with Crippen LogP contribution in [0.1, 0.15) is 16.7 Å². The molecule has 21 heavy (non-hydrogen) atoms. The topological polar surface area (TPSA) is 55.1 Å². The first kappa shape index (κ1) is 15.5. The van der Waals surface area contributed by atoms with E-state index in [9.17, 15) is 4.79 Å². The Labute approximate surface area is 134 Å². The van der Waals surface area contributed by atoms with Crippen molar-refractivity contribution in [2.75, 3.05) is 5.32 Å². The Bertz CT molecular complexity index is 700. The molecule has 3 nitrogen and oxygen atoms in total. The number of carbonyl (C=O) groups is 1. The zero-order valence-corrected chi connectivity index (χ0v) is 13.1. The maximum atomic E-state index is 12.2. The van der Waals surface area contributed by atoms with Crippen molar-refractivity contribution in [3.05, 3.63) is 64.2 Å². The normalized spacial score (nSPS) is 10.2. The minimum absolute atomic E-state index is 0.161. The molecule has 0 unspecified atom stereocenters. The molecule has 1 amide bonds. The zero-order chi connectivity index (χ0) is 15.4. The van der Waals surface area contributed by atoms with Crippen LogP contribution in [0.5, 0.6) is 0 Å². The summed E-state index contributed by atoms with van der Waals surface area (Å²) in [6, 6.07) is 12.8. The van der Waals surface area contributed by atoms with E-state index in [0.29, 0.717) is 16.3 Å². The van der Waals surface area contributed by atoms with E-state index in [1.807, 2.05) is 37.3 Å².